The Morgan fingerprint density at radius 2 is 1.83 bits per heavy atom. The Labute approximate surface area is 200 Å². The van der Waals surface area contributed by atoms with Crippen LogP contribution < -0.4 is 10.2 Å². The number of fused-ring (bicyclic) bond motifs is 1. The van der Waals surface area contributed by atoms with Crippen molar-refractivity contribution in [3.8, 4) is 6.07 Å². The molecule has 3 amide bonds. The highest BCUT2D eigenvalue weighted by atomic mass is 19.1. The largest absolute Gasteiger partial charge is 0.367 e. The molecule has 1 atom stereocenters. The first kappa shape index (κ1) is 22.9. The van der Waals surface area contributed by atoms with Crippen LogP contribution in [-0.2, 0) is 22.7 Å². The summed E-state index contributed by atoms with van der Waals surface area (Å²) in [5.41, 5.74) is 2.36. The number of halogens is 2. The van der Waals surface area contributed by atoms with E-state index in [1.54, 1.807) is 12.1 Å². The van der Waals surface area contributed by atoms with E-state index in [0.717, 1.165) is 5.56 Å². The van der Waals surface area contributed by atoms with Crippen LogP contribution in [0.25, 0.3) is 0 Å². The van der Waals surface area contributed by atoms with Crippen molar-refractivity contribution in [3.63, 3.8) is 0 Å². The first-order chi connectivity index (χ1) is 16.8. The number of carbonyl (C=O) groups excluding carboxylic acids is 3. The zero-order valence-electron chi connectivity index (χ0n) is 18.9. The number of nitriles is 1. The minimum absolute atomic E-state index is 0.161. The van der Waals surface area contributed by atoms with Gasteiger partial charge in [0.15, 0.2) is 0 Å². The summed E-state index contributed by atoms with van der Waals surface area (Å²) in [6.07, 6.45) is 0.414. The third-order valence-corrected chi connectivity index (χ3v) is 6.89. The third kappa shape index (κ3) is 4.35. The molecular formula is C25H23F2N5O3. The lowest BCUT2D eigenvalue weighted by Gasteiger charge is -2.36. The van der Waals surface area contributed by atoms with Gasteiger partial charge in [0.1, 0.15) is 17.7 Å². The molecule has 0 radical (unpaired) electrons. The number of hydrogen-bond donors (Lipinski definition) is 1. The Balaban J connectivity index is 1.27. The maximum absolute atomic E-state index is 15.1. The van der Waals surface area contributed by atoms with Gasteiger partial charge in [-0.25, -0.2) is 8.78 Å². The minimum Gasteiger partial charge on any atom is -0.367 e. The first-order valence-corrected chi connectivity index (χ1v) is 11.5. The molecule has 8 nitrogen and oxygen atoms in total. The second kappa shape index (κ2) is 9.07. The highest BCUT2D eigenvalue weighted by Gasteiger charge is 2.40. The van der Waals surface area contributed by atoms with E-state index in [9.17, 15) is 24.0 Å². The van der Waals surface area contributed by atoms with Gasteiger partial charge in [0.2, 0.25) is 11.8 Å². The van der Waals surface area contributed by atoms with Crippen molar-refractivity contribution in [2.75, 3.05) is 31.1 Å². The lowest BCUT2D eigenvalue weighted by atomic mass is 10.0. The number of carbonyl (C=O) groups is 3. The molecule has 3 heterocycles. The zero-order valence-corrected chi connectivity index (χ0v) is 18.9. The number of piperidine rings is 1. The highest BCUT2D eigenvalue weighted by Crippen LogP contribution is 2.33. The monoisotopic (exact) mass is 479 g/mol. The van der Waals surface area contributed by atoms with Gasteiger partial charge >= 0.3 is 0 Å². The van der Waals surface area contributed by atoms with Crippen molar-refractivity contribution in [1.82, 2.24) is 15.1 Å². The standard InChI is InChI=1S/C25H23F2N5O3/c26-18-2-1-15(16(9-18)12-28)13-30-5-7-31(8-6-30)22-10-17-14-32(25(35)19(17)11-20(22)27)21-3-4-23(33)29-24(21)34/h1-2,9-11,21H,3-8,13-14H2,(H,29,33,34). The van der Waals surface area contributed by atoms with E-state index in [-0.39, 0.29) is 30.9 Å². The molecule has 3 aliphatic heterocycles. The van der Waals surface area contributed by atoms with Gasteiger partial charge in [-0.1, -0.05) is 6.07 Å². The Morgan fingerprint density at radius 3 is 2.54 bits per heavy atom. The predicted octanol–water partition coefficient (Wildman–Crippen LogP) is 1.92. The number of rotatable bonds is 4. The van der Waals surface area contributed by atoms with Crippen LogP contribution in [0.1, 0.15) is 39.9 Å². The van der Waals surface area contributed by atoms with E-state index < -0.39 is 29.5 Å². The number of nitrogens with one attached hydrogen (secondary N) is 1. The SMILES string of the molecule is N#Cc1cc(F)ccc1CN1CCN(c2cc3c(cc2F)C(=O)N(C2CCC(=O)NC2=O)C3)CC1. The van der Waals surface area contributed by atoms with Gasteiger partial charge in [0, 0.05) is 51.3 Å². The Morgan fingerprint density at radius 1 is 1.06 bits per heavy atom. The average Bonchev–Trinajstić information content (AvgIpc) is 3.15. The Kier molecular flexibility index (Phi) is 5.94. The molecule has 35 heavy (non-hydrogen) atoms. The van der Waals surface area contributed by atoms with Crippen molar-refractivity contribution in [3.05, 3.63) is 64.2 Å². The Bertz CT molecular complexity index is 1270. The van der Waals surface area contributed by atoms with Crippen LogP contribution >= 0.6 is 0 Å². The molecule has 2 aromatic carbocycles. The summed E-state index contributed by atoms with van der Waals surface area (Å²) >= 11 is 0. The molecule has 2 saturated heterocycles. The van der Waals surface area contributed by atoms with Crippen LogP contribution in [0, 0.1) is 23.0 Å². The predicted molar refractivity (Wildman–Crippen MR) is 121 cm³/mol. The fourth-order valence-corrected chi connectivity index (χ4v) is 5.00. The van der Waals surface area contributed by atoms with Crippen LogP contribution in [0.2, 0.25) is 0 Å². The van der Waals surface area contributed by atoms with Crippen LogP contribution in [-0.4, -0.2) is 59.7 Å². The summed E-state index contributed by atoms with van der Waals surface area (Å²) in [5.74, 6) is -2.21. The van der Waals surface area contributed by atoms with Crippen molar-refractivity contribution in [2.45, 2.75) is 32.0 Å². The zero-order chi connectivity index (χ0) is 24.7. The second-order valence-corrected chi connectivity index (χ2v) is 9.04. The van der Waals surface area contributed by atoms with Gasteiger partial charge in [0.05, 0.1) is 17.3 Å². The van der Waals surface area contributed by atoms with Crippen LogP contribution in [0.3, 0.4) is 0 Å². The molecule has 1 unspecified atom stereocenters. The number of nitrogens with zero attached hydrogens (tertiary/aromatic N) is 4. The molecule has 1 N–H and O–H groups in total. The minimum atomic E-state index is -0.743. The van der Waals surface area contributed by atoms with Gasteiger partial charge < -0.3 is 9.80 Å². The summed E-state index contributed by atoms with van der Waals surface area (Å²) in [6, 6.07) is 8.38. The van der Waals surface area contributed by atoms with Crippen molar-refractivity contribution >= 4 is 23.4 Å². The summed E-state index contributed by atoms with van der Waals surface area (Å²) in [5, 5.41) is 11.5. The third-order valence-electron chi connectivity index (χ3n) is 6.89. The van der Waals surface area contributed by atoms with Gasteiger partial charge in [-0.15, -0.1) is 0 Å². The molecule has 0 bridgehead atoms. The maximum atomic E-state index is 15.1. The van der Waals surface area contributed by atoms with E-state index in [1.165, 1.54) is 23.1 Å². The van der Waals surface area contributed by atoms with Crippen LogP contribution in [0.5, 0.6) is 0 Å². The summed E-state index contributed by atoms with van der Waals surface area (Å²) in [6.45, 7) is 3.03. The van der Waals surface area contributed by atoms with Crippen molar-refractivity contribution in [1.29, 1.82) is 5.26 Å². The molecule has 0 spiro atoms. The normalized spacial score (nSPS) is 20.6. The number of piperazine rings is 1. The van der Waals surface area contributed by atoms with Gasteiger partial charge in [-0.05, 0) is 41.8 Å². The lowest BCUT2D eigenvalue weighted by Crippen LogP contribution is -2.52. The van der Waals surface area contributed by atoms with E-state index in [1.807, 2.05) is 11.0 Å². The fraction of sp³-hybridized carbons (Fsp3) is 0.360. The quantitative estimate of drug-likeness (QED) is 0.674. The lowest BCUT2D eigenvalue weighted by molar-refractivity contribution is -0.136. The van der Waals surface area contributed by atoms with Crippen LogP contribution in [0.4, 0.5) is 14.5 Å². The summed E-state index contributed by atoms with van der Waals surface area (Å²) in [7, 11) is 0. The summed E-state index contributed by atoms with van der Waals surface area (Å²) in [4.78, 5) is 42.0. The molecule has 0 saturated carbocycles. The average molecular weight is 479 g/mol. The van der Waals surface area contributed by atoms with Crippen LogP contribution in [0.15, 0.2) is 30.3 Å². The molecule has 5 rings (SSSR count). The molecule has 0 aliphatic carbocycles. The molecule has 3 aliphatic rings. The van der Waals surface area contributed by atoms with E-state index in [0.29, 0.717) is 49.5 Å². The van der Waals surface area contributed by atoms with Crippen molar-refractivity contribution in [2.24, 2.45) is 0 Å². The molecule has 0 aromatic heterocycles. The molecule has 2 fully saturated rings. The highest BCUT2D eigenvalue weighted by molar-refractivity contribution is 6.05. The smallest absolute Gasteiger partial charge is 0.255 e. The number of imide groups is 1. The fourth-order valence-electron chi connectivity index (χ4n) is 5.00. The number of hydrogen-bond acceptors (Lipinski definition) is 6. The van der Waals surface area contributed by atoms with Gasteiger partial charge in [-0.3, -0.25) is 24.6 Å². The summed E-state index contributed by atoms with van der Waals surface area (Å²) < 4.78 is 28.5. The molecule has 180 valence electrons. The number of amides is 3. The van der Waals surface area contributed by atoms with E-state index in [2.05, 4.69) is 10.2 Å². The maximum Gasteiger partial charge on any atom is 0.255 e. The first-order valence-electron chi connectivity index (χ1n) is 11.5. The van der Waals surface area contributed by atoms with Gasteiger partial charge in [0.25, 0.3) is 5.91 Å². The molecule has 2 aromatic rings. The van der Waals surface area contributed by atoms with E-state index >= 15 is 4.39 Å². The van der Waals surface area contributed by atoms with Gasteiger partial charge in [-0.2, -0.15) is 5.26 Å². The second-order valence-electron chi connectivity index (χ2n) is 9.04. The molecule has 10 heteroatoms. The van der Waals surface area contributed by atoms with E-state index in [4.69, 9.17) is 0 Å². The Hall–Kier alpha value is -3.84. The van der Waals surface area contributed by atoms with Crippen molar-refractivity contribution < 1.29 is 23.2 Å². The molecular weight excluding hydrogens is 456 g/mol. The topological polar surface area (TPSA) is 96.8 Å². The number of anilines is 1. The number of benzene rings is 2.